The number of hydrogen-bond donors (Lipinski definition) is 1. The van der Waals surface area contributed by atoms with Crippen LogP contribution in [0.1, 0.15) is 49.0 Å². The number of amides is 2. The third kappa shape index (κ3) is 5.63. The average molecular weight is 452 g/mol. The van der Waals surface area contributed by atoms with Crippen molar-refractivity contribution in [3.05, 3.63) is 53.6 Å². The van der Waals surface area contributed by atoms with Crippen LogP contribution in [0.3, 0.4) is 0 Å². The van der Waals surface area contributed by atoms with Gasteiger partial charge < -0.3 is 19.1 Å². The average Bonchev–Trinajstić information content (AvgIpc) is 2.83. The lowest BCUT2D eigenvalue weighted by Gasteiger charge is -2.38. The van der Waals surface area contributed by atoms with Crippen LogP contribution in [-0.2, 0) is 4.79 Å². The number of hydrogen-bond acceptors (Lipinski definition) is 6. The minimum atomic E-state index is -0.345. The van der Waals surface area contributed by atoms with Crippen LogP contribution in [0, 0.1) is 0 Å². The van der Waals surface area contributed by atoms with Gasteiger partial charge in [0.2, 0.25) is 0 Å². The number of fused-ring (bicyclic) bond motifs is 1. The first-order valence-corrected chi connectivity index (χ1v) is 11.3. The molecule has 0 spiro atoms. The Morgan fingerprint density at radius 3 is 2.48 bits per heavy atom. The number of hydrazone groups is 1. The first-order valence-electron chi connectivity index (χ1n) is 11.3. The van der Waals surface area contributed by atoms with E-state index in [1.165, 1.54) is 0 Å². The normalized spacial score (nSPS) is 19.9. The molecule has 1 fully saturated rings. The van der Waals surface area contributed by atoms with Crippen LogP contribution in [0.2, 0.25) is 0 Å². The molecule has 0 radical (unpaired) electrons. The quantitative estimate of drug-likeness (QED) is 0.537. The SMILES string of the molecule is CC1CCCC(C)N1C(=O)COc1ccc(C(=O)N/N=C/c2ccc3c(c2)OCCO3)cc1. The molecule has 8 nitrogen and oxygen atoms in total. The van der Waals surface area contributed by atoms with Crippen molar-refractivity contribution >= 4 is 18.0 Å². The molecule has 2 heterocycles. The van der Waals surface area contributed by atoms with Gasteiger partial charge in [0.1, 0.15) is 19.0 Å². The Balaban J connectivity index is 1.27. The predicted octanol–water partition coefficient (Wildman–Crippen LogP) is 3.39. The zero-order valence-corrected chi connectivity index (χ0v) is 19.0. The molecular formula is C25H29N3O5. The third-order valence-corrected chi connectivity index (χ3v) is 5.91. The first-order chi connectivity index (χ1) is 16.0. The number of rotatable bonds is 6. The van der Waals surface area contributed by atoms with Crippen molar-refractivity contribution in [2.24, 2.45) is 5.10 Å². The highest BCUT2D eigenvalue weighted by molar-refractivity contribution is 5.95. The fourth-order valence-corrected chi connectivity index (χ4v) is 4.21. The zero-order chi connectivity index (χ0) is 23.2. The molecule has 2 aromatic rings. The summed E-state index contributed by atoms with van der Waals surface area (Å²) in [6.07, 6.45) is 4.74. The molecule has 2 aliphatic rings. The number of benzene rings is 2. The molecule has 174 valence electrons. The van der Waals surface area contributed by atoms with Crippen LogP contribution in [0.4, 0.5) is 0 Å². The van der Waals surface area contributed by atoms with Crippen LogP contribution in [0.25, 0.3) is 0 Å². The molecule has 33 heavy (non-hydrogen) atoms. The van der Waals surface area contributed by atoms with E-state index in [0.29, 0.717) is 36.0 Å². The Bertz CT molecular complexity index is 1010. The van der Waals surface area contributed by atoms with E-state index < -0.39 is 0 Å². The lowest BCUT2D eigenvalue weighted by Crippen LogP contribution is -2.49. The Labute approximate surface area is 193 Å². The van der Waals surface area contributed by atoms with E-state index in [2.05, 4.69) is 24.4 Å². The van der Waals surface area contributed by atoms with Crippen LogP contribution in [-0.4, -0.2) is 54.8 Å². The van der Waals surface area contributed by atoms with Crippen LogP contribution < -0.4 is 19.6 Å². The second kappa shape index (κ2) is 10.4. The van der Waals surface area contributed by atoms with Gasteiger partial charge in [-0.3, -0.25) is 9.59 Å². The summed E-state index contributed by atoms with van der Waals surface area (Å²) in [7, 11) is 0. The van der Waals surface area contributed by atoms with Gasteiger partial charge in [0.15, 0.2) is 18.1 Å². The number of carbonyl (C=O) groups excluding carboxylic acids is 2. The summed E-state index contributed by atoms with van der Waals surface area (Å²) in [4.78, 5) is 26.9. The summed E-state index contributed by atoms with van der Waals surface area (Å²) in [5.41, 5.74) is 3.73. The van der Waals surface area contributed by atoms with Gasteiger partial charge in [0, 0.05) is 17.6 Å². The Kier molecular flexibility index (Phi) is 7.12. The van der Waals surface area contributed by atoms with Gasteiger partial charge in [-0.05, 0) is 81.1 Å². The lowest BCUT2D eigenvalue weighted by atomic mass is 9.97. The number of ether oxygens (including phenoxy) is 3. The smallest absolute Gasteiger partial charge is 0.271 e. The Hall–Kier alpha value is -3.55. The van der Waals surface area contributed by atoms with Gasteiger partial charge in [-0.15, -0.1) is 0 Å². The van der Waals surface area contributed by atoms with Crippen molar-refractivity contribution in [1.82, 2.24) is 10.3 Å². The molecule has 2 aromatic carbocycles. The Morgan fingerprint density at radius 2 is 1.76 bits per heavy atom. The van der Waals surface area contributed by atoms with E-state index in [1.807, 2.05) is 23.1 Å². The van der Waals surface area contributed by atoms with Crippen molar-refractivity contribution in [1.29, 1.82) is 0 Å². The molecule has 2 atom stereocenters. The summed E-state index contributed by atoms with van der Waals surface area (Å²) in [6.45, 7) is 5.19. The molecule has 0 aliphatic carbocycles. The van der Waals surface area contributed by atoms with Crippen molar-refractivity contribution in [3.8, 4) is 17.2 Å². The maximum Gasteiger partial charge on any atom is 0.271 e. The summed E-state index contributed by atoms with van der Waals surface area (Å²) >= 11 is 0. The molecule has 8 heteroatoms. The Morgan fingerprint density at radius 1 is 1.06 bits per heavy atom. The molecule has 0 bridgehead atoms. The van der Waals surface area contributed by atoms with Gasteiger partial charge in [0.05, 0.1) is 6.21 Å². The van der Waals surface area contributed by atoms with E-state index >= 15 is 0 Å². The van der Waals surface area contributed by atoms with Gasteiger partial charge in [-0.2, -0.15) is 5.10 Å². The van der Waals surface area contributed by atoms with Crippen molar-refractivity contribution in [2.45, 2.75) is 45.2 Å². The molecule has 2 aliphatic heterocycles. The molecule has 2 unspecified atom stereocenters. The molecule has 1 saturated heterocycles. The molecule has 1 N–H and O–H groups in total. The van der Waals surface area contributed by atoms with E-state index in [0.717, 1.165) is 24.8 Å². The standard InChI is InChI=1S/C25H29N3O5/c1-17-4-3-5-18(2)28(17)24(29)16-33-21-9-7-20(8-10-21)25(30)27-26-15-19-6-11-22-23(14-19)32-13-12-31-22/h6-11,14-15,17-18H,3-5,12-13,16H2,1-2H3,(H,27,30)/b26-15+. The number of piperidine rings is 1. The summed E-state index contributed by atoms with van der Waals surface area (Å²) in [5, 5.41) is 4.01. The van der Waals surface area contributed by atoms with E-state index in [-0.39, 0.29) is 30.5 Å². The molecule has 4 rings (SSSR count). The molecular weight excluding hydrogens is 422 g/mol. The molecule has 0 saturated carbocycles. The van der Waals surface area contributed by atoms with Crippen molar-refractivity contribution in [3.63, 3.8) is 0 Å². The first kappa shape index (κ1) is 22.6. The maximum absolute atomic E-state index is 12.6. The van der Waals surface area contributed by atoms with Crippen LogP contribution in [0.15, 0.2) is 47.6 Å². The second-order valence-corrected chi connectivity index (χ2v) is 8.35. The van der Waals surface area contributed by atoms with Crippen LogP contribution >= 0.6 is 0 Å². The molecule has 0 aromatic heterocycles. The maximum atomic E-state index is 12.6. The third-order valence-electron chi connectivity index (χ3n) is 5.91. The van der Waals surface area contributed by atoms with E-state index in [1.54, 1.807) is 30.5 Å². The fraction of sp³-hybridized carbons (Fsp3) is 0.400. The summed E-state index contributed by atoms with van der Waals surface area (Å²) in [6, 6.07) is 12.6. The van der Waals surface area contributed by atoms with E-state index in [4.69, 9.17) is 14.2 Å². The van der Waals surface area contributed by atoms with Gasteiger partial charge >= 0.3 is 0 Å². The number of nitrogens with one attached hydrogen (secondary N) is 1. The summed E-state index contributed by atoms with van der Waals surface area (Å²) < 4.78 is 16.7. The minimum Gasteiger partial charge on any atom is -0.486 e. The molecule has 2 amide bonds. The van der Waals surface area contributed by atoms with E-state index in [9.17, 15) is 9.59 Å². The second-order valence-electron chi connectivity index (χ2n) is 8.35. The van der Waals surface area contributed by atoms with Crippen molar-refractivity contribution < 1.29 is 23.8 Å². The number of likely N-dealkylation sites (tertiary alicyclic amines) is 1. The van der Waals surface area contributed by atoms with Crippen LogP contribution in [0.5, 0.6) is 17.2 Å². The minimum absolute atomic E-state index is 0.00926. The van der Waals surface area contributed by atoms with Gasteiger partial charge in [-0.25, -0.2) is 5.43 Å². The van der Waals surface area contributed by atoms with Crippen molar-refractivity contribution in [2.75, 3.05) is 19.8 Å². The number of nitrogens with zero attached hydrogens (tertiary/aromatic N) is 2. The lowest BCUT2D eigenvalue weighted by molar-refractivity contribution is -0.139. The zero-order valence-electron chi connectivity index (χ0n) is 19.0. The van der Waals surface area contributed by atoms with Gasteiger partial charge in [-0.1, -0.05) is 0 Å². The highest BCUT2D eigenvalue weighted by atomic mass is 16.6. The summed E-state index contributed by atoms with van der Waals surface area (Å²) in [5.74, 6) is 1.55. The predicted molar refractivity (Wildman–Crippen MR) is 124 cm³/mol. The highest BCUT2D eigenvalue weighted by Crippen LogP contribution is 2.30. The monoisotopic (exact) mass is 451 g/mol. The van der Waals surface area contributed by atoms with Gasteiger partial charge in [0.25, 0.3) is 11.8 Å². The number of carbonyl (C=O) groups is 2. The largest absolute Gasteiger partial charge is 0.486 e. The highest BCUT2D eigenvalue weighted by Gasteiger charge is 2.29. The fourth-order valence-electron chi connectivity index (χ4n) is 4.21. The topological polar surface area (TPSA) is 89.5 Å².